The minimum atomic E-state index is 0.161. The Balaban J connectivity index is 1.80. The summed E-state index contributed by atoms with van der Waals surface area (Å²) >= 11 is 0. The molecule has 7 heteroatoms. The van der Waals surface area contributed by atoms with Crippen LogP contribution in [0.1, 0.15) is 33.6 Å². The quantitative estimate of drug-likeness (QED) is 0.892. The van der Waals surface area contributed by atoms with Gasteiger partial charge in [0.25, 0.3) is 0 Å². The van der Waals surface area contributed by atoms with Gasteiger partial charge in [0.15, 0.2) is 0 Å². The number of aromatic amines is 1. The largest absolute Gasteiger partial charge is 0.354 e. The smallest absolute Gasteiger partial charge is 0.320 e. The van der Waals surface area contributed by atoms with Crippen molar-refractivity contribution in [3.05, 3.63) is 18.6 Å². The van der Waals surface area contributed by atoms with Crippen LogP contribution in [0.15, 0.2) is 18.6 Å². The van der Waals surface area contributed by atoms with Crippen LogP contribution in [0.5, 0.6) is 0 Å². The topological polar surface area (TPSA) is 68.4 Å². The predicted octanol–water partition coefficient (Wildman–Crippen LogP) is 2.96. The second-order valence-corrected chi connectivity index (χ2v) is 7.19. The number of piperidine rings is 1. The molecule has 1 N–H and O–H groups in total. The maximum atomic E-state index is 12.9. The SMILES string of the molecule is CCCN(CC)C(=O)N1CC[C@@H](C)[C@@H](N(C)c2ncnc3[nH]ccc23)C1. The number of rotatable bonds is 5. The highest BCUT2D eigenvalue weighted by Crippen LogP contribution is 2.28. The molecule has 2 atom stereocenters. The van der Waals surface area contributed by atoms with Crippen molar-refractivity contribution in [1.82, 2.24) is 24.8 Å². The third-order valence-electron chi connectivity index (χ3n) is 5.50. The zero-order valence-electron chi connectivity index (χ0n) is 16.3. The molecule has 0 spiro atoms. The average molecular weight is 358 g/mol. The Kier molecular flexibility index (Phi) is 5.64. The number of fused-ring (bicyclic) bond motifs is 1. The molecule has 2 aromatic rings. The van der Waals surface area contributed by atoms with Gasteiger partial charge in [0.1, 0.15) is 17.8 Å². The van der Waals surface area contributed by atoms with Crippen LogP contribution in [-0.4, -0.2) is 70.1 Å². The number of likely N-dealkylation sites (tertiary alicyclic amines) is 1. The van der Waals surface area contributed by atoms with Gasteiger partial charge in [-0.1, -0.05) is 13.8 Å². The molecule has 0 aromatic carbocycles. The zero-order valence-corrected chi connectivity index (χ0v) is 16.3. The van der Waals surface area contributed by atoms with Gasteiger partial charge in [-0.2, -0.15) is 0 Å². The number of carbonyl (C=O) groups excluding carboxylic acids is 1. The number of anilines is 1. The first kappa shape index (κ1) is 18.5. The van der Waals surface area contributed by atoms with Crippen molar-refractivity contribution < 1.29 is 4.79 Å². The fourth-order valence-electron chi connectivity index (χ4n) is 3.88. The monoisotopic (exact) mass is 358 g/mol. The van der Waals surface area contributed by atoms with E-state index in [0.717, 1.165) is 55.9 Å². The lowest BCUT2D eigenvalue weighted by Gasteiger charge is -2.43. The van der Waals surface area contributed by atoms with Crippen molar-refractivity contribution in [3.8, 4) is 0 Å². The molecule has 1 fully saturated rings. The highest BCUT2D eigenvalue weighted by molar-refractivity contribution is 5.87. The van der Waals surface area contributed by atoms with Crippen molar-refractivity contribution >= 4 is 22.9 Å². The van der Waals surface area contributed by atoms with E-state index in [2.05, 4.69) is 40.7 Å². The Morgan fingerprint density at radius 2 is 2.19 bits per heavy atom. The van der Waals surface area contributed by atoms with Crippen LogP contribution in [0, 0.1) is 5.92 Å². The van der Waals surface area contributed by atoms with E-state index in [9.17, 15) is 4.79 Å². The summed E-state index contributed by atoms with van der Waals surface area (Å²) in [5.74, 6) is 1.41. The highest BCUT2D eigenvalue weighted by Gasteiger charge is 2.33. The summed E-state index contributed by atoms with van der Waals surface area (Å²) in [6, 6.07) is 2.41. The molecule has 2 amide bonds. The number of urea groups is 1. The summed E-state index contributed by atoms with van der Waals surface area (Å²) in [7, 11) is 2.08. The fraction of sp³-hybridized carbons (Fsp3) is 0.632. The van der Waals surface area contributed by atoms with Crippen molar-refractivity contribution in [2.24, 2.45) is 5.92 Å². The number of hydrogen-bond acceptors (Lipinski definition) is 4. The van der Waals surface area contributed by atoms with E-state index in [4.69, 9.17) is 0 Å². The van der Waals surface area contributed by atoms with Crippen LogP contribution in [0.3, 0.4) is 0 Å². The molecule has 1 aliphatic heterocycles. The third kappa shape index (κ3) is 3.48. The summed E-state index contributed by atoms with van der Waals surface area (Å²) in [6.45, 7) is 9.56. The van der Waals surface area contributed by atoms with Gasteiger partial charge in [-0.15, -0.1) is 0 Å². The number of H-pyrrole nitrogens is 1. The summed E-state index contributed by atoms with van der Waals surface area (Å²) in [5.41, 5.74) is 0.846. The van der Waals surface area contributed by atoms with Gasteiger partial charge in [-0.25, -0.2) is 14.8 Å². The number of nitrogens with zero attached hydrogens (tertiary/aromatic N) is 5. The summed E-state index contributed by atoms with van der Waals surface area (Å²) in [4.78, 5) is 31.0. The average Bonchev–Trinajstić information content (AvgIpc) is 3.14. The Morgan fingerprint density at radius 1 is 1.38 bits per heavy atom. The van der Waals surface area contributed by atoms with Gasteiger partial charge in [-0.05, 0) is 31.7 Å². The highest BCUT2D eigenvalue weighted by atomic mass is 16.2. The predicted molar refractivity (Wildman–Crippen MR) is 104 cm³/mol. The van der Waals surface area contributed by atoms with Crippen LogP contribution >= 0.6 is 0 Å². The number of likely N-dealkylation sites (N-methyl/N-ethyl adjacent to an activating group) is 1. The number of aromatic nitrogens is 3. The molecule has 1 saturated heterocycles. The number of amides is 2. The first-order valence-corrected chi connectivity index (χ1v) is 9.61. The maximum Gasteiger partial charge on any atom is 0.320 e. The molecular formula is C19H30N6O. The lowest BCUT2D eigenvalue weighted by atomic mass is 9.92. The Morgan fingerprint density at radius 3 is 2.92 bits per heavy atom. The fourth-order valence-corrected chi connectivity index (χ4v) is 3.88. The van der Waals surface area contributed by atoms with Gasteiger partial charge < -0.3 is 19.7 Å². The van der Waals surface area contributed by atoms with Crippen LogP contribution < -0.4 is 4.90 Å². The van der Waals surface area contributed by atoms with Gasteiger partial charge in [0.05, 0.1) is 11.4 Å². The van der Waals surface area contributed by atoms with Crippen LogP contribution in [-0.2, 0) is 0 Å². The first-order chi connectivity index (χ1) is 12.6. The Hall–Kier alpha value is -2.31. The molecular weight excluding hydrogens is 328 g/mol. The molecule has 0 aliphatic carbocycles. The molecule has 7 nitrogen and oxygen atoms in total. The molecule has 3 rings (SSSR count). The van der Waals surface area contributed by atoms with E-state index < -0.39 is 0 Å². The van der Waals surface area contributed by atoms with Crippen molar-refractivity contribution in [1.29, 1.82) is 0 Å². The van der Waals surface area contributed by atoms with Gasteiger partial charge in [0, 0.05) is 39.4 Å². The van der Waals surface area contributed by atoms with E-state index in [1.165, 1.54) is 0 Å². The number of hydrogen-bond donors (Lipinski definition) is 1. The molecule has 0 unspecified atom stereocenters. The minimum Gasteiger partial charge on any atom is -0.354 e. The summed E-state index contributed by atoms with van der Waals surface area (Å²) in [6.07, 6.45) is 5.48. The molecule has 1 aliphatic rings. The third-order valence-corrected chi connectivity index (χ3v) is 5.50. The van der Waals surface area contributed by atoms with Crippen molar-refractivity contribution in [2.45, 2.75) is 39.7 Å². The van der Waals surface area contributed by atoms with Crippen molar-refractivity contribution in [3.63, 3.8) is 0 Å². The second kappa shape index (κ2) is 7.93. The van der Waals surface area contributed by atoms with Gasteiger partial charge >= 0.3 is 6.03 Å². The first-order valence-electron chi connectivity index (χ1n) is 9.61. The lowest BCUT2D eigenvalue weighted by Crippen LogP contribution is -2.55. The minimum absolute atomic E-state index is 0.161. The van der Waals surface area contributed by atoms with E-state index in [1.807, 2.05) is 29.0 Å². The maximum absolute atomic E-state index is 12.9. The standard InChI is InChI=1S/C19H30N6O/c1-5-10-24(6-2)19(26)25-11-8-14(3)16(12-25)23(4)18-15-7-9-20-17(15)21-13-22-18/h7,9,13-14,16H,5-6,8,10-12H2,1-4H3,(H,20,21,22)/t14-,16+/m1/s1. The van der Waals surface area contributed by atoms with Gasteiger partial charge in [0.2, 0.25) is 0 Å². The van der Waals surface area contributed by atoms with Crippen LogP contribution in [0.25, 0.3) is 11.0 Å². The Labute approximate surface area is 155 Å². The van der Waals surface area contributed by atoms with Gasteiger partial charge in [-0.3, -0.25) is 0 Å². The normalized spacial score (nSPS) is 20.4. The van der Waals surface area contributed by atoms with E-state index in [1.54, 1.807) is 6.33 Å². The molecule has 3 heterocycles. The lowest BCUT2D eigenvalue weighted by molar-refractivity contribution is 0.127. The zero-order chi connectivity index (χ0) is 18.7. The number of carbonyl (C=O) groups is 1. The molecule has 0 saturated carbocycles. The summed E-state index contributed by atoms with van der Waals surface area (Å²) in [5, 5.41) is 1.02. The van der Waals surface area contributed by atoms with E-state index >= 15 is 0 Å². The molecule has 0 bridgehead atoms. The Bertz CT molecular complexity index is 744. The molecule has 142 valence electrons. The van der Waals surface area contributed by atoms with E-state index in [0.29, 0.717) is 5.92 Å². The molecule has 26 heavy (non-hydrogen) atoms. The molecule has 0 radical (unpaired) electrons. The summed E-state index contributed by atoms with van der Waals surface area (Å²) < 4.78 is 0. The number of nitrogens with one attached hydrogen (secondary N) is 1. The van der Waals surface area contributed by atoms with Crippen molar-refractivity contribution in [2.75, 3.05) is 38.1 Å². The van der Waals surface area contributed by atoms with Crippen LogP contribution in [0.2, 0.25) is 0 Å². The molecule has 2 aromatic heterocycles. The second-order valence-electron chi connectivity index (χ2n) is 7.19. The van der Waals surface area contributed by atoms with E-state index in [-0.39, 0.29) is 12.1 Å². The van der Waals surface area contributed by atoms with Crippen LogP contribution in [0.4, 0.5) is 10.6 Å².